The van der Waals surface area contributed by atoms with Crippen LogP contribution in [0.15, 0.2) is 23.3 Å². The Morgan fingerprint density at radius 1 is 1.25 bits per heavy atom. The van der Waals surface area contributed by atoms with Crippen LogP contribution in [0.1, 0.15) is 58.9 Å². The number of carbonyl (C=O) groups excluding carboxylic acids is 1. The normalized spacial score (nSPS) is 17.8. The van der Waals surface area contributed by atoms with Gasteiger partial charge < -0.3 is 24.6 Å². The molecule has 0 spiro atoms. The number of methoxy groups -OCH3 is 1. The van der Waals surface area contributed by atoms with E-state index >= 15 is 0 Å². The van der Waals surface area contributed by atoms with Crippen molar-refractivity contribution in [2.45, 2.75) is 71.6 Å². The van der Waals surface area contributed by atoms with E-state index in [0.717, 1.165) is 50.5 Å². The second-order valence-corrected chi connectivity index (χ2v) is 9.67. The molecular formula is C24H39N5O3. The molecule has 0 unspecified atom stereocenters. The molecule has 1 amide bonds. The molecule has 1 aliphatic carbocycles. The first-order chi connectivity index (χ1) is 15.3. The topological polar surface area (TPSA) is 79.3 Å². The minimum atomic E-state index is -0.471. The van der Waals surface area contributed by atoms with E-state index < -0.39 is 5.60 Å². The molecule has 1 aliphatic heterocycles. The summed E-state index contributed by atoms with van der Waals surface area (Å²) in [5, 5.41) is 3.41. The van der Waals surface area contributed by atoms with Gasteiger partial charge in [-0.3, -0.25) is 0 Å². The van der Waals surface area contributed by atoms with E-state index in [2.05, 4.69) is 22.1 Å². The summed E-state index contributed by atoms with van der Waals surface area (Å²) >= 11 is 0. The second kappa shape index (κ2) is 10.9. The Morgan fingerprint density at radius 3 is 2.50 bits per heavy atom. The largest absolute Gasteiger partial charge is 0.481 e. The van der Waals surface area contributed by atoms with Gasteiger partial charge in [0.25, 0.3) is 0 Å². The zero-order chi connectivity index (χ0) is 23.1. The van der Waals surface area contributed by atoms with Gasteiger partial charge in [0.2, 0.25) is 5.88 Å². The van der Waals surface area contributed by atoms with Crippen LogP contribution in [0, 0.1) is 5.92 Å². The molecule has 0 atom stereocenters. The first-order valence-corrected chi connectivity index (χ1v) is 11.8. The van der Waals surface area contributed by atoms with Gasteiger partial charge in [0.05, 0.1) is 13.7 Å². The molecule has 1 saturated carbocycles. The lowest BCUT2D eigenvalue weighted by molar-refractivity contribution is 0.00928. The number of guanidine groups is 1. The number of ether oxygens (including phenoxy) is 2. The van der Waals surface area contributed by atoms with Crippen LogP contribution in [0.4, 0.5) is 4.79 Å². The number of aliphatic imine (C=N–C) groups is 1. The summed E-state index contributed by atoms with van der Waals surface area (Å²) in [7, 11) is 1.61. The van der Waals surface area contributed by atoms with Gasteiger partial charge in [0.1, 0.15) is 5.60 Å². The van der Waals surface area contributed by atoms with Crippen molar-refractivity contribution in [1.29, 1.82) is 0 Å². The summed E-state index contributed by atoms with van der Waals surface area (Å²) in [5.74, 6) is 2.15. The molecule has 2 aliphatic rings. The van der Waals surface area contributed by atoms with Gasteiger partial charge >= 0.3 is 6.09 Å². The van der Waals surface area contributed by atoms with Crippen molar-refractivity contribution >= 4 is 12.1 Å². The summed E-state index contributed by atoms with van der Waals surface area (Å²) < 4.78 is 10.8. The van der Waals surface area contributed by atoms with Crippen molar-refractivity contribution in [3.8, 4) is 5.88 Å². The van der Waals surface area contributed by atoms with Gasteiger partial charge in [0, 0.05) is 44.5 Å². The summed E-state index contributed by atoms with van der Waals surface area (Å²) in [5.41, 5.74) is 0.567. The van der Waals surface area contributed by atoms with Gasteiger partial charge in [-0.2, -0.15) is 0 Å². The fraction of sp³-hybridized carbons (Fsp3) is 0.708. The van der Waals surface area contributed by atoms with Crippen LogP contribution < -0.4 is 10.1 Å². The third kappa shape index (κ3) is 7.28. The molecule has 32 heavy (non-hydrogen) atoms. The summed E-state index contributed by atoms with van der Waals surface area (Å²) in [6.45, 7) is 11.8. The standard InChI is InChI=1S/C24H39N5O3/c1-6-25-22(27-16-19-9-10-21(31-5)26-15-19)28-13-11-20(12-14-28)29(17-18-7-8-18)23(30)32-24(2,3)4/h9-10,15,18,20H,6-8,11-14,16-17H2,1-5H3,(H,25,27). The number of nitrogens with zero attached hydrogens (tertiary/aromatic N) is 4. The van der Waals surface area contributed by atoms with Crippen LogP contribution in [-0.2, 0) is 11.3 Å². The first kappa shape index (κ1) is 24.1. The van der Waals surface area contributed by atoms with Crippen LogP contribution in [0.3, 0.4) is 0 Å². The van der Waals surface area contributed by atoms with Gasteiger partial charge in [-0.05, 0) is 64.9 Å². The van der Waals surface area contributed by atoms with Crippen molar-refractivity contribution in [3.05, 3.63) is 23.9 Å². The monoisotopic (exact) mass is 445 g/mol. The molecular weight excluding hydrogens is 406 g/mol. The maximum atomic E-state index is 12.9. The average Bonchev–Trinajstić information content (AvgIpc) is 3.58. The quantitative estimate of drug-likeness (QED) is 0.510. The van der Waals surface area contributed by atoms with E-state index in [9.17, 15) is 4.79 Å². The number of carbonyl (C=O) groups is 1. The summed E-state index contributed by atoms with van der Waals surface area (Å²) in [4.78, 5) is 26.2. The molecule has 1 aromatic heterocycles. The first-order valence-electron chi connectivity index (χ1n) is 11.8. The Balaban J connectivity index is 1.60. The Hall–Kier alpha value is -2.51. The predicted molar refractivity (Wildman–Crippen MR) is 126 cm³/mol. The molecule has 178 valence electrons. The Bertz CT molecular complexity index is 763. The minimum Gasteiger partial charge on any atom is -0.481 e. The van der Waals surface area contributed by atoms with E-state index in [0.29, 0.717) is 18.3 Å². The van der Waals surface area contributed by atoms with E-state index in [1.54, 1.807) is 13.3 Å². The van der Waals surface area contributed by atoms with Gasteiger partial charge in [-0.1, -0.05) is 6.07 Å². The average molecular weight is 446 g/mol. The van der Waals surface area contributed by atoms with Crippen LogP contribution in [0.5, 0.6) is 5.88 Å². The SMILES string of the molecule is CCNC(=NCc1ccc(OC)nc1)N1CCC(N(CC2CC2)C(=O)OC(C)(C)C)CC1. The number of amides is 1. The number of likely N-dealkylation sites (tertiary alicyclic amines) is 1. The minimum absolute atomic E-state index is 0.171. The van der Waals surface area contributed by atoms with Crippen molar-refractivity contribution in [2.75, 3.05) is 33.3 Å². The molecule has 2 fully saturated rings. The highest BCUT2D eigenvalue weighted by atomic mass is 16.6. The van der Waals surface area contributed by atoms with E-state index in [4.69, 9.17) is 14.5 Å². The fourth-order valence-corrected chi connectivity index (χ4v) is 3.88. The van der Waals surface area contributed by atoms with E-state index in [1.807, 2.05) is 37.8 Å². The van der Waals surface area contributed by atoms with Crippen LogP contribution in [0.2, 0.25) is 0 Å². The Labute approximate surface area is 192 Å². The smallest absolute Gasteiger partial charge is 0.410 e. The van der Waals surface area contributed by atoms with E-state index in [1.165, 1.54) is 12.8 Å². The predicted octanol–water partition coefficient (Wildman–Crippen LogP) is 3.67. The molecule has 0 aromatic carbocycles. The lowest BCUT2D eigenvalue weighted by Crippen LogP contribution is -2.52. The molecule has 1 aromatic rings. The Kier molecular flexibility index (Phi) is 8.21. The maximum absolute atomic E-state index is 12.9. The number of pyridine rings is 1. The van der Waals surface area contributed by atoms with Crippen LogP contribution >= 0.6 is 0 Å². The highest BCUT2D eigenvalue weighted by Crippen LogP contribution is 2.32. The Morgan fingerprint density at radius 2 is 1.97 bits per heavy atom. The highest BCUT2D eigenvalue weighted by molar-refractivity contribution is 5.80. The zero-order valence-corrected chi connectivity index (χ0v) is 20.3. The molecule has 2 heterocycles. The summed E-state index contributed by atoms with van der Waals surface area (Å²) in [6, 6.07) is 4.06. The molecule has 0 radical (unpaired) electrons. The van der Waals surface area contributed by atoms with Gasteiger partial charge in [-0.15, -0.1) is 0 Å². The number of hydrogen-bond donors (Lipinski definition) is 1. The van der Waals surface area contributed by atoms with Crippen molar-refractivity contribution in [3.63, 3.8) is 0 Å². The van der Waals surface area contributed by atoms with Crippen molar-refractivity contribution < 1.29 is 14.3 Å². The zero-order valence-electron chi connectivity index (χ0n) is 20.3. The molecule has 0 bridgehead atoms. The van der Waals surface area contributed by atoms with E-state index in [-0.39, 0.29) is 12.1 Å². The number of nitrogens with one attached hydrogen (secondary N) is 1. The van der Waals surface area contributed by atoms with Gasteiger partial charge in [0.15, 0.2) is 5.96 Å². The molecule has 3 rings (SSSR count). The fourth-order valence-electron chi connectivity index (χ4n) is 3.88. The second-order valence-electron chi connectivity index (χ2n) is 9.67. The van der Waals surface area contributed by atoms with Crippen molar-refractivity contribution in [1.82, 2.24) is 20.1 Å². The number of piperidine rings is 1. The number of aromatic nitrogens is 1. The lowest BCUT2D eigenvalue weighted by atomic mass is 10.0. The molecule has 1 N–H and O–H groups in total. The third-order valence-corrected chi connectivity index (χ3v) is 5.74. The molecule has 1 saturated heterocycles. The number of hydrogen-bond acceptors (Lipinski definition) is 5. The maximum Gasteiger partial charge on any atom is 0.410 e. The summed E-state index contributed by atoms with van der Waals surface area (Å²) in [6.07, 6.45) is 5.90. The van der Waals surface area contributed by atoms with Crippen molar-refractivity contribution in [2.24, 2.45) is 10.9 Å². The van der Waals surface area contributed by atoms with Crippen LogP contribution in [-0.4, -0.2) is 71.8 Å². The van der Waals surface area contributed by atoms with Gasteiger partial charge in [-0.25, -0.2) is 14.8 Å². The lowest BCUT2D eigenvalue weighted by Gasteiger charge is -2.40. The molecule has 8 nitrogen and oxygen atoms in total. The third-order valence-electron chi connectivity index (χ3n) is 5.74. The molecule has 8 heteroatoms. The number of rotatable bonds is 7. The highest BCUT2D eigenvalue weighted by Gasteiger charge is 2.35. The van der Waals surface area contributed by atoms with Crippen LogP contribution in [0.25, 0.3) is 0 Å².